The lowest BCUT2D eigenvalue weighted by atomic mass is 9.89. The fourth-order valence-corrected chi connectivity index (χ4v) is 4.01. The van der Waals surface area contributed by atoms with Crippen molar-refractivity contribution in [3.8, 4) is 0 Å². The predicted octanol–water partition coefficient (Wildman–Crippen LogP) is 4.80. The van der Waals surface area contributed by atoms with Crippen LogP contribution in [0.15, 0.2) is 60.8 Å². The third-order valence-electron chi connectivity index (χ3n) is 5.58. The zero-order valence-corrected chi connectivity index (χ0v) is 16.4. The summed E-state index contributed by atoms with van der Waals surface area (Å²) >= 11 is 0. The Morgan fingerprint density at radius 1 is 0.897 bits per heavy atom. The van der Waals surface area contributed by atoms with Crippen LogP contribution >= 0.6 is 0 Å². The number of aromatic nitrogens is 1. The molecule has 1 saturated carbocycles. The Balaban J connectivity index is 1.50. The van der Waals surface area contributed by atoms with Crippen molar-refractivity contribution in [1.29, 1.82) is 0 Å². The van der Waals surface area contributed by atoms with E-state index in [1.165, 1.54) is 19.3 Å². The smallest absolute Gasteiger partial charge is 0.272 e. The Kier molecular flexibility index (Phi) is 5.84. The average molecular weight is 387 g/mol. The van der Waals surface area contributed by atoms with Crippen molar-refractivity contribution in [2.24, 2.45) is 5.92 Å². The molecule has 2 N–H and O–H groups in total. The molecular formula is C24H25N3O2. The highest BCUT2D eigenvalue weighted by atomic mass is 16.2. The Labute approximate surface area is 170 Å². The zero-order valence-electron chi connectivity index (χ0n) is 16.4. The molecule has 1 aliphatic rings. The number of nitrogens with zero attached hydrogens (tertiary/aromatic N) is 1. The lowest BCUT2D eigenvalue weighted by Crippen LogP contribution is -2.31. The lowest BCUT2D eigenvalue weighted by molar-refractivity contribution is 0.0939. The molecule has 0 unspecified atom stereocenters. The summed E-state index contributed by atoms with van der Waals surface area (Å²) in [5.74, 6) is 0.0330. The molecule has 29 heavy (non-hydrogen) atoms. The second-order valence-electron chi connectivity index (χ2n) is 7.59. The Bertz CT molecular complexity index is 1020. The molecule has 1 heterocycles. The number of rotatable bonds is 5. The van der Waals surface area contributed by atoms with E-state index >= 15 is 0 Å². The van der Waals surface area contributed by atoms with Gasteiger partial charge in [-0.05, 0) is 47.7 Å². The van der Waals surface area contributed by atoms with E-state index in [4.69, 9.17) is 0 Å². The number of nitrogens with one attached hydrogen (secondary N) is 2. The van der Waals surface area contributed by atoms with Gasteiger partial charge >= 0.3 is 0 Å². The van der Waals surface area contributed by atoms with Crippen molar-refractivity contribution < 1.29 is 9.59 Å². The fourth-order valence-electron chi connectivity index (χ4n) is 4.01. The first kappa shape index (κ1) is 19.1. The number of carbonyl (C=O) groups is 2. The molecule has 2 amide bonds. The standard InChI is InChI=1S/C24H25N3O2/c28-23(20-13-6-11-18-10-4-5-12-19(18)20)27-21-14-7-15-25-22(21)24(29)26-16-17-8-2-1-3-9-17/h4-7,10-15,17H,1-3,8-9,16H2,(H,26,29)(H,27,28). The second kappa shape index (κ2) is 8.86. The summed E-state index contributed by atoms with van der Waals surface area (Å²) in [5, 5.41) is 7.75. The third-order valence-corrected chi connectivity index (χ3v) is 5.58. The Morgan fingerprint density at radius 2 is 1.69 bits per heavy atom. The van der Waals surface area contributed by atoms with Crippen molar-refractivity contribution in [2.45, 2.75) is 32.1 Å². The van der Waals surface area contributed by atoms with Crippen LogP contribution in [-0.4, -0.2) is 23.3 Å². The van der Waals surface area contributed by atoms with E-state index in [0.29, 0.717) is 23.7 Å². The first-order chi connectivity index (χ1) is 14.2. The van der Waals surface area contributed by atoms with E-state index in [0.717, 1.165) is 23.6 Å². The van der Waals surface area contributed by atoms with Crippen LogP contribution in [0.3, 0.4) is 0 Å². The number of benzene rings is 2. The molecule has 0 bridgehead atoms. The molecule has 0 radical (unpaired) electrons. The molecule has 2 aromatic carbocycles. The minimum absolute atomic E-state index is 0.246. The van der Waals surface area contributed by atoms with Crippen LogP contribution in [0.25, 0.3) is 10.8 Å². The maximum Gasteiger partial charge on any atom is 0.272 e. The number of anilines is 1. The van der Waals surface area contributed by atoms with Gasteiger partial charge in [0.05, 0.1) is 5.69 Å². The highest BCUT2D eigenvalue weighted by Crippen LogP contribution is 2.23. The van der Waals surface area contributed by atoms with Gasteiger partial charge < -0.3 is 10.6 Å². The molecule has 1 fully saturated rings. The summed E-state index contributed by atoms with van der Waals surface area (Å²) < 4.78 is 0. The van der Waals surface area contributed by atoms with E-state index < -0.39 is 0 Å². The maximum absolute atomic E-state index is 12.9. The topological polar surface area (TPSA) is 71.1 Å². The summed E-state index contributed by atoms with van der Waals surface area (Å²) in [5.41, 5.74) is 1.24. The van der Waals surface area contributed by atoms with Crippen LogP contribution < -0.4 is 10.6 Å². The van der Waals surface area contributed by atoms with Gasteiger partial charge in [0.25, 0.3) is 11.8 Å². The van der Waals surface area contributed by atoms with Crippen LogP contribution in [0, 0.1) is 5.92 Å². The van der Waals surface area contributed by atoms with Crippen LogP contribution in [-0.2, 0) is 0 Å². The predicted molar refractivity (Wildman–Crippen MR) is 115 cm³/mol. The summed E-state index contributed by atoms with van der Waals surface area (Å²) in [6, 6.07) is 16.8. The summed E-state index contributed by atoms with van der Waals surface area (Å²) in [7, 11) is 0. The van der Waals surface area contributed by atoms with Crippen molar-refractivity contribution in [1.82, 2.24) is 10.3 Å². The highest BCUT2D eigenvalue weighted by Gasteiger charge is 2.19. The van der Waals surface area contributed by atoms with Crippen molar-refractivity contribution in [3.63, 3.8) is 0 Å². The molecule has 148 valence electrons. The van der Waals surface area contributed by atoms with E-state index in [1.54, 1.807) is 24.4 Å². The second-order valence-corrected chi connectivity index (χ2v) is 7.59. The molecule has 0 saturated heterocycles. The average Bonchev–Trinajstić information content (AvgIpc) is 2.78. The summed E-state index contributed by atoms with van der Waals surface area (Å²) in [6.07, 6.45) is 7.64. The van der Waals surface area contributed by atoms with Gasteiger partial charge in [0.2, 0.25) is 0 Å². The van der Waals surface area contributed by atoms with Crippen LogP contribution in [0.5, 0.6) is 0 Å². The molecule has 3 aromatic rings. The van der Waals surface area contributed by atoms with Gasteiger partial charge in [-0.2, -0.15) is 0 Å². The monoisotopic (exact) mass is 387 g/mol. The summed E-state index contributed by atoms with van der Waals surface area (Å²) in [6.45, 7) is 0.659. The van der Waals surface area contributed by atoms with Gasteiger partial charge in [-0.25, -0.2) is 4.98 Å². The Hall–Kier alpha value is -3.21. The third kappa shape index (κ3) is 4.45. The number of amides is 2. The van der Waals surface area contributed by atoms with Crippen molar-refractivity contribution >= 4 is 28.3 Å². The van der Waals surface area contributed by atoms with E-state index in [-0.39, 0.29) is 17.5 Å². The normalized spacial score (nSPS) is 14.5. The van der Waals surface area contributed by atoms with E-state index in [9.17, 15) is 9.59 Å². The zero-order chi connectivity index (χ0) is 20.1. The van der Waals surface area contributed by atoms with Crippen LogP contribution in [0.4, 0.5) is 5.69 Å². The minimum Gasteiger partial charge on any atom is -0.350 e. The SMILES string of the molecule is O=C(NCC1CCCCC1)c1ncccc1NC(=O)c1cccc2ccccc12. The van der Waals surface area contributed by atoms with Crippen LogP contribution in [0.2, 0.25) is 0 Å². The van der Waals surface area contributed by atoms with Gasteiger partial charge in [0.15, 0.2) is 5.69 Å². The van der Waals surface area contributed by atoms with Crippen molar-refractivity contribution in [3.05, 3.63) is 72.1 Å². The van der Waals surface area contributed by atoms with Gasteiger partial charge in [0.1, 0.15) is 0 Å². The number of hydrogen-bond acceptors (Lipinski definition) is 3. The maximum atomic E-state index is 12.9. The Morgan fingerprint density at radius 3 is 2.55 bits per heavy atom. The van der Waals surface area contributed by atoms with E-state index in [1.807, 2.05) is 36.4 Å². The van der Waals surface area contributed by atoms with Crippen molar-refractivity contribution in [2.75, 3.05) is 11.9 Å². The minimum atomic E-state index is -0.254. The van der Waals surface area contributed by atoms with Gasteiger partial charge in [0, 0.05) is 18.3 Å². The largest absolute Gasteiger partial charge is 0.350 e. The first-order valence-corrected chi connectivity index (χ1v) is 10.2. The molecule has 0 aliphatic heterocycles. The lowest BCUT2D eigenvalue weighted by Gasteiger charge is -2.21. The molecule has 0 atom stereocenters. The molecule has 1 aliphatic carbocycles. The van der Waals surface area contributed by atoms with Gasteiger partial charge in [-0.3, -0.25) is 9.59 Å². The number of pyridine rings is 1. The first-order valence-electron chi connectivity index (χ1n) is 10.2. The van der Waals surface area contributed by atoms with Gasteiger partial charge in [-0.15, -0.1) is 0 Å². The summed E-state index contributed by atoms with van der Waals surface area (Å²) in [4.78, 5) is 29.9. The molecule has 0 spiro atoms. The van der Waals surface area contributed by atoms with E-state index in [2.05, 4.69) is 15.6 Å². The molecular weight excluding hydrogens is 362 g/mol. The van der Waals surface area contributed by atoms with Crippen LogP contribution in [0.1, 0.15) is 53.0 Å². The number of carbonyl (C=O) groups excluding carboxylic acids is 2. The molecule has 5 heteroatoms. The van der Waals surface area contributed by atoms with Gasteiger partial charge in [-0.1, -0.05) is 55.7 Å². The highest BCUT2D eigenvalue weighted by molar-refractivity contribution is 6.14. The molecule has 4 rings (SSSR count). The fraction of sp³-hybridized carbons (Fsp3) is 0.292. The quantitative estimate of drug-likeness (QED) is 0.661. The number of fused-ring (bicyclic) bond motifs is 1. The number of hydrogen-bond donors (Lipinski definition) is 2. The molecule has 1 aromatic heterocycles. The molecule has 5 nitrogen and oxygen atoms in total.